The van der Waals surface area contributed by atoms with E-state index in [9.17, 15) is 9.59 Å². The Bertz CT molecular complexity index is 409. The summed E-state index contributed by atoms with van der Waals surface area (Å²) in [4.78, 5) is 22.3. The summed E-state index contributed by atoms with van der Waals surface area (Å²) in [6.45, 7) is 1.20. The highest BCUT2D eigenvalue weighted by atomic mass is 35.5. The molecule has 0 saturated heterocycles. The third-order valence-electron chi connectivity index (χ3n) is 1.63. The quantitative estimate of drug-likeness (QED) is 0.655. The molecule has 0 heterocycles. The van der Waals surface area contributed by atoms with E-state index in [2.05, 4.69) is 4.74 Å². The molecule has 16 heavy (non-hydrogen) atoms. The average molecular weight is 263 g/mol. The minimum atomic E-state index is -1.36. The number of aliphatic hydroxyl groups is 1. The van der Waals surface area contributed by atoms with Crippen molar-refractivity contribution in [3.63, 3.8) is 0 Å². The third-order valence-corrected chi connectivity index (χ3v) is 2.07. The molecule has 1 aromatic carbocycles. The molecule has 0 spiro atoms. The van der Waals surface area contributed by atoms with Gasteiger partial charge in [0, 0.05) is 10.0 Å². The van der Waals surface area contributed by atoms with E-state index in [0.29, 0.717) is 0 Å². The Hall–Kier alpha value is -1.10. The van der Waals surface area contributed by atoms with Gasteiger partial charge in [0.1, 0.15) is 6.10 Å². The molecule has 1 atom stereocenters. The molecule has 1 N–H and O–H groups in total. The van der Waals surface area contributed by atoms with E-state index >= 15 is 0 Å². The topological polar surface area (TPSA) is 63.6 Å². The van der Waals surface area contributed by atoms with Gasteiger partial charge in [0.05, 0.1) is 5.56 Å². The number of hydrogen-bond donors (Lipinski definition) is 1. The Morgan fingerprint density at radius 2 is 1.75 bits per heavy atom. The lowest BCUT2D eigenvalue weighted by Crippen LogP contribution is -2.22. The number of hydrogen-bond acceptors (Lipinski definition) is 4. The predicted octanol–water partition coefficient (Wildman–Crippen LogP) is 2.06. The summed E-state index contributed by atoms with van der Waals surface area (Å²) in [7, 11) is 0. The van der Waals surface area contributed by atoms with Crippen LogP contribution in [0.1, 0.15) is 17.3 Å². The van der Waals surface area contributed by atoms with Crippen LogP contribution in [0.3, 0.4) is 0 Å². The first-order valence-electron chi connectivity index (χ1n) is 4.30. The van der Waals surface area contributed by atoms with Gasteiger partial charge in [0.25, 0.3) is 0 Å². The molecule has 4 nitrogen and oxygen atoms in total. The first-order chi connectivity index (χ1) is 7.40. The summed E-state index contributed by atoms with van der Waals surface area (Å²) in [6, 6.07) is 4.06. The van der Waals surface area contributed by atoms with Crippen LogP contribution in [0.4, 0.5) is 0 Å². The van der Waals surface area contributed by atoms with Crippen LogP contribution in [0.5, 0.6) is 0 Å². The minimum Gasteiger partial charge on any atom is -0.387 e. The molecule has 0 radical (unpaired) electrons. The van der Waals surface area contributed by atoms with Gasteiger partial charge in [0.2, 0.25) is 0 Å². The Kier molecular flexibility index (Phi) is 4.29. The molecular formula is C10H8Cl2O4. The molecule has 0 bridgehead atoms. The highest BCUT2D eigenvalue weighted by Crippen LogP contribution is 2.19. The lowest BCUT2D eigenvalue weighted by molar-refractivity contribution is -0.146. The van der Waals surface area contributed by atoms with Gasteiger partial charge < -0.3 is 9.84 Å². The van der Waals surface area contributed by atoms with Crippen molar-refractivity contribution in [3.05, 3.63) is 33.8 Å². The number of benzene rings is 1. The number of ether oxygens (including phenoxy) is 1. The predicted molar refractivity (Wildman–Crippen MR) is 58.6 cm³/mol. The van der Waals surface area contributed by atoms with Crippen LogP contribution in [0.2, 0.25) is 10.0 Å². The van der Waals surface area contributed by atoms with Gasteiger partial charge >= 0.3 is 11.9 Å². The second-order valence-corrected chi connectivity index (χ2v) is 3.92. The molecule has 0 fully saturated rings. The smallest absolute Gasteiger partial charge is 0.345 e. The van der Waals surface area contributed by atoms with Gasteiger partial charge in [-0.05, 0) is 25.1 Å². The minimum absolute atomic E-state index is 0.0477. The zero-order valence-corrected chi connectivity index (χ0v) is 9.75. The standard InChI is InChI=1S/C10H8Cl2O4/c1-5(13)9(14)16-10(15)6-2-7(11)4-8(12)3-6/h2-5,13H,1H3/t5-/m0/s1. The molecule has 0 aromatic heterocycles. The molecular weight excluding hydrogens is 255 g/mol. The maximum absolute atomic E-state index is 11.4. The van der Waals surface area contributed by atoms with Crippen LogP contribution in [-0.4, -0.2) is 23.1 Å². The van der Waals surface area contributed by atoms with Crippen molar-refractivity contribution in [3.8, 4) is 0 Å². The molecule has 0 amide bonds. The van der Waals surface area contributed by atoms with Crippen molar-refractivity contribution < 1.29 is 19.4 Å². The molecule has 0 unspecified atom stereocenters. The molecule has 0 saturated carbocycles. The Labute approximate surface area is 102 Å². The first kappa shape index (κ1) is 13.0. The van der Waals surface area contributed by atoms with Crippen LogP contribution in [0, 0.1) is 0 Å². The molecule has 1 aromatic rings. The van der Waals surface area contributed by atoms with Crippen molar-refractivity contribution in [2.24, 2.45) is 0 Å². The lowest BCUT2D eigenvalue weighted by atomic mass is 10.2. The monoisotopic (exact) mass is 262 g/mol. The first-order valence-corrected chi connectivity index (χ1v) is 5.06. The zero-order chi connectivity index (χ0) is 12.3. The molecule has 0 aliphatic heterocycles. The number of carbonyl (C=O) groups excluding carboxylic acids is 2. The van der Waals surface area contributed by atoms with Crippen molar-refractivity contribution >= 4 is 35.1 Å². The van der Waals surface area contributed by atoms with E-state index in [4.69, 9.17) is 28.3 Å². The van der Waals surface area contributed by atoms with E-state index in [0.717, 1.165) is 0 Å². The van der Waals surface area contributed by atoms with Gasteiger partial charge in [-0.15, -0.1) is 0 Å². The Balaban J connectivity index is 2.85. The normalized spacial score (nSPS) is 12.0. The van der Waals surface area contributed by atoms with E-state index < -0.39 is 18.0 Å². The maximum Gasteiger partial charge on any atom is 0.345 e. The summed E-state index contributed by atoms with van der Waals surface area (Å²) in [5.74, 6) is -1.93. The summed E-state index contributed by atoms with van der Waals surface area (Å²) >= 11 is 11.3. The molecule has 1 rings (SSSR count). The van der Waals surface area contributed by atoms with Crippen LogP contribution in [0.15, 0.2) is 18.2 Å². The highest BCUT2D eigenvalue weighted by Gasteiger charge is 2.17. The third kappa shape index (κ3) is 3.48. The Morgan fingerprint density at radius 1 is 1.25 bits per heavy atom. The summed E-state index contributed by atoms with van der Waals surface area (Å²) in [6.07, 6.45) is -1.36. The SMILES string of the molecule is C[C@H](O)C(=O)OC(=O)c1cc(Cl)cc(Cl)c1. The number of esters is 2. The number of aliphatic hydroxyl groups excluding tert-OH is 1. The van der Waals surface area contributed by atoms with E-state index in [1.54, 1.807) is 0 Å². The van der Waals surface area contributed by atoms with E-state index in [-0.39, 0.29) is 15.6 Å². The second-order valence-electron chi connectivity index (χ2n) is 3.04. The number of halogens is 2. The van der Waals surface area contributed by atoms with Crippen molar-refractivity contribution in [2.45, 2.75) is 13.0 Å². The molecule has 0 aliphatic rings. The van der Waals surface area contributed by atoms with Gasteiger partial charge in [0.15, 0.2) is 0 Å². The van der Waals surface area contributed by atoms with Gasteiger partial charge in [-0.1, -0.05) is 23.2 Å². The van der Waals surface area contributed by atoms with Crippen LogP contribution < -0.4 is 0 Å². The Morgan fingerprint density at radius 3 is 2.19 bits per heavy atom. The summed E-state index contributed by atoms with van der Waals surface area (Å²) in [5.41, 5.74) is 0.0477. The van der Waals surface area contributed by atoms with E-state index in [1.165, 1.54) is 25.1 Å². The average Bonchev–Trinajstić information content (AvgIpc) is 2.15. The fraction of sp³-hybridized carbons (Fsp3) is 0.200. The van der Waals surface area contributed by atoms with Crippen molar-refractivity contribution in [1.82, 2.24) is 0 Å². The van der Waals surface area contributed by atoms with Gasteiger partial charge in [-0.3, -0.25) is 0 Å². The molecule has 6 heteroatoms. The van der Waals surface area contributed by atoms with Gasteiger partial charge in [-0.2, -0.15) is 0 Å². The lowest BCUT2D eigenvalue weighted by Gasteiger charge is -2.05. The van der Waals surface area contributed by atoms with Gasteiger partial charge in [-0.25, -0.2) is 9.59 Å². The summed E-state index contributed by atoms with van der Waals surface area (Å²) < 4.78 is 4.36. The zero-order valence-electron chi connectivity index (χ0n) is 8.24. The highest BCUT2D eigenvalue weighted by molar-refractivity contribution is 6.35. The maximum atomic E-state index is 11.4. The molecule has 86 valence electrons. The molecule has 0 aliphatic carbocycles. The number of rotatable bonds is 2. The van der Waals surface area contributed by atoms with Crippen LogP contribution >= 0.6 is 23.2 Å². The van der Waals surface area contributed by atoms with E-state index in [1.807, 2.05) is 0 Å². The fourth-order valence-electron chi connectivity index (χ4n) is 0.907. The second kappa shape index (κ2) is 5.30. The fourth-order valence-corrected chi connectivity index (χ4v) is 1.43. The van der Waals surface area contributed by atoms with Crippen LogP contribution in [0.25, 0.3) is 0 Å². The largest absolute Gasteiger partial charge is 0.387 e. The van der Waals surface area contributed by atoms with Crippen molar-refractivity contribution in [2.75, 3.05) is 0 Å². The van der Waals surface area contributed by atoms with Crippen LogP contribution in [-0.2, 0) is 9.53 Å². The number of carbonyl (C=O) groups is 2. The summed E-state index contributed by atoms with van der Waals surface area (Å²) in [5, 5.41) is 9.35. The van der Waals surface area contributed by atoms with Crippen molar-refractivity contribution in [1.29, 1.82) is 0 Å².